The highest BCUT2D eigenvalue weighted by Gasteiger charge is 2.46. The number of nitrogens with one attached hydrogen (secondary N) is 1. The van der Waals surface area contributed by atoms with Gasteiger partial charge in [0, 0.05) is 12.0 Å². The molecule has 2 aromatic rings. The van der Waals surface area contributed by atoms with Crippen molar-refractivity contribution in [3.05, 3.63) is 23.3 Å². The number of rotatable bonds is 3. The highest BCUT2D eigenvalue weighted by atomic mass is 19.1. The van der Waals surface area contributed by atoms with Gasteiger partial charge in [0.2, 0.25) is 5.95 Å². The van der Waals surface area contributed by atoms with E-state index >= 15 is 4.39 Å². The molecular weight excluding hydrogens is 361 g/mol. The molecule has 0 unspecified atom stereocenters. The highest BCUT2D eigenvalue weighted by molar-refractivity contribution is 5.59. The van der Waals surface area contributed by atoms with Gasteiger partial charge in [-0.05, 0) is 50.9 Å². The SMILES string of the molecule is N#Cc1c(F)c2cnc(N[C@@H]3CCOC[C@H]3O)nn2c1C12CCC(CC1)CC2. The molecule has 2 N–H and O–H groups in total. The number of fused-ring (bicyclic) bond motifs is 4. The zero-order valence-corrected chi connectivity index (χ0v) is 15.7. The minimum absolute atomic E-state index is 0.109. The molecular formula is C20H24FN5O2. The molecule has 4 fully saturated rings. The molecule has 2 bridgehead atoms. The molecule has 0 aromatic carbocycles. The molecule has 2 aromatic heterocycles. The van der Waals surface area contributed by atoms with Gasteiger partial charge in [0.1, 0.15) is 17.1 Å². The molecule has 3 heterocycles. The number of nitrogens with zero attached hydrogens (tertiary/aromatic N) is 4. The molecule has 0 spiro atoms. The van der Waals surface area contributed by atoms with Crippen LogP contribution in [0.5, 0.6) is 0 Å². The van der Waals surface area contributed by atoms with Crippen molar-refractivity contribution in [2.75, 3.05) is 18.5 Å². The maximum Gasteiger partial charge on any atom is 0.241 e. The van der Waals surface area contributed by atoms with Crippen LogP contribution in [0.2, 0.25) is 0 Å². The first kappa shape index (κ1) is 17.8. The van der Waals surface area contributed by atoms with Crippen molar-refractivity contribution in [1.29, 1.82) is 5.26 Å². The lowest BCUT2D eigenvalue weighted by molar-refractivity contribution is -0.0136. The molecule has 1 aliphatic heterocycles. The first-order valence-electron chi connectivity index (χ1n) is 10.1. The number of hydrogen-bond acceptors (Lipinski definition) is 6. The quantitative estimate of drug-likeness (QED) is 0.843. The standard InChI is InChI=1S/C20H24FN5O2/c21-17-13(9-22)18(20-5-1-12(2-6-20)3-7-20)26-15(17)10-23-19(25-26)24-14-4-8-28-11-16(14)27/h10,12,14,16,27H,1-8,11H2,(H,24,25)/t12?,14-,16-,20?/m1/s1. The summed E-state index contributed by atoms with van der Waals surface area (Å²) in [6.45, 7) is 0.829. The predicted octanol–water partition coefficient (Wildman–Crippen LogP) is 2.52. The monoisotopic (exact) mass is 385 g/mol. The smallest absolute Gasteiger partial charge is 0.241 e. The Kier molecular flexibility index (Phi) is 4.25. The van der Waals surface area contributed by atoms with E-state index < -0.39 is 11.9 Å². The summed E-state index contributed by atoms with van der Waals surface area (Å²) in [6, 6.07) is 1.88. The van der Waals surface area contributed by atoms with Crippen LogP contribution in [-0.2, 0) is 10.2 Å². The third kappa shape index (κ3) is 2.68. The third-order valence-corrected chi connectivity index (χ3v) is 6.97. The fourth-order valence-corrected chi connectivity index (χ4v) is 5.33. The van der Waals surface area contributed by atoms with E-state index in [1.165, 1.54) is 6.20 Å². The fraction of sp³-hybridized carbons (Fsp3) is 0.650. The molecule has 4 aliphatic rings. The van der Waals surface area contributed by atoms with E-state index in [1.54, 1.807) is 4.52 Å². The van der Waals surface area contributed by atoms with Crippen LogP contribution < -0.4 is 5.32 Å². The van der Waals surface area contributed by atoms with E-state index in [0.29, 0.717) is 24.7 Å². The van der Waals surface area contributed by atoms with E-state index in [9.17, 15) is 10.4 Å². The lowest BCUT2D eigenvalue weighted by atomic mass is 9.59. The van der Waals surface area contributed by atoms with Gasteiger partial charge in [0.25, 0.3) is 0 Å². The van der Waals surface area contributed by atoms with Crippen LogP contribution in [0.1, 0.15) is 56.2 Å². The Balaban J connectivity index is 1.59. The van der Waals surface area contributed by atoms with Crippen LogP contribution in [0.25, 0.3) is 5.52 Å². The number of ether oxygens (including phenoxy) is 1. The molecule has 0 amide bonds. The molecule has 1 saturated heterocycles. The van der Waals surface area contributed by atoms with Crippen LogP contribution in [0.15, 0.2) is 6.20 Å². The Bertz CT molecular complexity index is 930. The van der Waals surface area contributed by atoms with Crippen molar-refractivity contribution in [3.63, 3.8) is 0 Å². The summed E-state index contributed by atoms with van der Waals surface area (Å²) in [5, 5.41) is 27.6. The van der Waals surface area contributed by atoms with Crippen molar-refractivity contribution in [3.8, 4) is 6.07 Å². The number of anilines is 1. The summed E-state index contributed by atoms with van der Waals surface area (Å²) in [4.78, 5) is 4.24. The second-order valence-electron chi connectivity index (χ2n) is 8.47. The van der Waals surface area contributed by atoms with Gasteiger partial charge in [-0.1, -0.05) is 0 Å². The van der Waals surface area contributed by atoms with Crippen LogP contribution in [0.3, 0.4) is 0 Å². The fourth-order valence-electron chi connectivity index (χ4n) is 5.33. The summed E-state index contributed by atoms with van der Waals surface area (Å²) in [5.41, 5.74) is 0.875. The Hall–Kier alpha value is -2.24. The summed E-state index contributed by atoms with van der Waals surface area (Å²) in [6.07, 6.45) is 7.75. The molecule has 3 saturated carbocycles. The van der Waals surface area contributed by atoms with Gasteiger partial charge < -0.3 is 15.2 Å². The van der Waals surface area contributed by atoms with E-state index in [2.05, 4.69) is 21.5 Å². The van der Waals surface area contributed by atoms with Gasteiger partial charge in [-0.25, -0.2) is 13.9 Å². The molecule has 8 heteroatoms. The van der Waals surface area contributed by atoms with Crippen LogP contribution in [-0.4, -0.2) is 45.1 Å². The average Bonchev–Trinajstić information content (AvgIpc) is 3.03. The van der Waals surface area contributed by atoms with Gasteiger partial charge in [-0.2, -0.15) is 5.26 Å². The Morgan fingerprint density at radius 2 is 2.04 bits per heavy atom. The molecule has 3 aliphatic carbocycles. The second-order valence-corrected chi connectivity index (χ2v) is 8.47. The Morgan fingerprint density at radius 3 is 2.71 bits per heavy atom. The zero-order valence-electron chi connectivity index (χ0n) is 15.7. The lowest BCUT2D eigenvalue weighted by Gasteiger charge is -2.46. The molecule has 0 radical (unpaired) electrons. The van der Waals surface area contributed by atoms with Crippen LogP contribution in [0, 0.1) is 23.1 Å². The second kappa shape index (κ2) is 6.68. The Morgan fingerprint density at radius 1 is 1.29 bits per heavy atom. The molecule has 28 heavy (non-hydrogen) atoms. The number of aromatic nitrogens is 3. The van der Waals surface area contributed by atoms with Gasteiger partial charge >= 0.3 is 0 Å². The van der Waals surface area contributed by atoms with Crippen molar-refractivity contribution >= 4 is 11.5 Å². The maximum absolute atomic E-state index is 15.0. The van der Waals surface area contributed by atoms with Gasteiger partial charge in [-0.3, -0.25) is 0 Å². The van der Waals surface area contributed by atoms with Crippen LogP contribution >= 0.6 is 0 Å². The van der Waals surface area contributed by atoms with E-state index in [0.717, 1.165) is 44.4 Å². The third-order valence-electron chi connectivity index (χ3n) is 6.97. The summed E-state index contributed by atoms with van der Waals surface area (Å²) < 4.78 is 21.9. The highest BCUT2D eigenvalue weighted by Crippen LogP contribution is 2.53. The van der Waals surface area contributed by atoms with Gasteiger partial charge in [0.05, 0.1) is 30.6 Å². The molecule has 2 atom stereocenters. The first-order valence-corrected chi connectivity index (χ1v) is 10.1. The number of nitriles is 1. The lowest BCUT2D eigenvalue weighted by Crippen LogP contribution is -2.42. The molecule has 6 rings (SSSR count). The average molecular weight is 385 g/mol. The van der Waals surface area contributed by atoms with Gasteiger partial charge in [-0.15, -0.1) is 5.10 Å². The largest absolute Gasteiger partial charge is 0.389 e. The predicted molar refractivity (Wildman–Crippen MR) is 99.4 cm³/mol. The zero-order chi connectivity index (χ0) is 19.3. The maximum atomic E-state index is 15.0. The first-order chi connectivity index (χ1) is 13.6. The Labute approximate surface area is 162 Å². The minimum Gasteiger partial charge on any atom is -0.389 e. The van der Waals surface area contributed by atoms with Crippen molar-refractivity contribution in [2.24, 2.45) is 5.92 Å². The number of aliphatic hydroxyl groups excluding tert-OH is 1. The van der Waals surface area contributed by atoms with Crippen molar-refractivity contribution in [2.45, 2.75) is 62.5 Å². The van der Waals surface area contributed by atoms with Gasteiger partial charge in [0.15, 0.2) is 5.82 Å². The minimum atomic E-state index is -0.643. The summed E-state index contributed by atoms with van der Waals surface area (Å²) in [5.74, 6) is 0.572. The number of aliphatic hydroxyl groups is 1. The summed E-state index contributed by atoms with van der Waals surface area (Å²) in [7, 11) is 0. The number of hydrogen-bond donors (Lipinski definition) is 2. The topological polar surface area (TPSA) is 95.5 Å². The summed E-state index contributed by atoms with van der Waals surface area (Å²) >= 11 is 0. The van der Waals surface area contributed by atoms with Crippen LogP contribution in [0.4, 0.5) is 10.3 Å². The van der Waals surface area contributed by atoms with E-state index in [-0.39, 0.29) is 29.1 Å². The number of halogens is 1. The van der Waals surface area contributed by atoms with Crippen molar-refractivity contribution in [1.82, 2.24) is 14.6 Å². The normalized spacial score (nSPS) is 32.4. The molecule has 7 nitrogen and oxygen atoms in total. The van der Waals surface area contributed by atoms with E-state index in [1.807, 2.05) is 0 Å². The molecule has 148 valence electrons. The van der Waals surface area contributed by atoms with E-state index in [4.69, 9.17) is 4.74 Å². The van der Waals surface area contributed by atoms with Crippen molar-refractivity contribution < 1.29 is 14.2 Å².